The molecule has 0 saturated heterocycles. The fraction of sp³-hybridized carbons (Fsp3) is 0.294. The highest BCUT2D eigenvalue weighted by Gasteiger charge is 2.16. The largest absolute Gasteiger partial charge is 0.310 e. The molecule has 0 aliphatic heterocycles. The molecule has 4 heteroatoms. The number of rotatable bonds is 6. The summed E-state index contributed by atoms with van der Waals surface area (Å²) in [5.41, 5.74) is 1.17. The predicted molar refractivity (Wildman–Crippen MR) is 77.5 cm³/mol. The zero-order valence-electron chi connectivity index (χ0n) is 11.9. The van der Waals surface area contributed by atoms with Crippen molar-refractivity contribution in [2.75, 3.05) is 6.54 Å². The van der Waals surface area contributed by atoms with E-state index in [1.54, 1.807) is 18.2 Å². The van der Waals surface area contributed by atoms with Crippen molar-refractivity contribution in [1.82, 2.24) is 5.32 Å². The average Bonchev–Trinajstić information content (AvgIpc) is 2.48. The molecule has 1 atom stereocenters. The van der Waals surface area contributed by atoms with E-state index in [0.717, 1.165) is 25.1 Å². The Balaban J connectivity index is 2.24. The lowest BCUT2D eigenvalue weighted by atomic mass is 9.98. The minimum absolute atomic E-state index is 0.268. The van der Waals surface area contributed by atoms with Gasteiger partial charge in [-0.2, -0.15) is 0 Å². The molecule has 0 fully saturated rings. The van der Waals surface area contributed by atoms with Crippen molar-refractivity contribution in [2.45, 2.75) is 25.8 Å². The summed E-state index contributed by atoms with van der Waals surface area (Å²) in [6.45, 7) is 2.74. The maximum Gasteiger partial charge on any atom is 0.159 e. The summed E-state index contributed by atoms with van der Waals surface area (Å²) in [6.07, 6.45) is 1.31. The molecule has 2 rings (SSSR count). The second kappa shape index (κ2) is 7.27. The van der Waals surface area contributed by atoms with Crippen molar-refractivity contribution >= 4 is 0 Å². The summed E-state index contributed by atoms with van der Waals surface area (Å²) in [5, 5.41) is 3.25. The quantitative estimate of drug-likeness (QED) is 0.833. The first-order chi connectivity index (χ1) is 10.1. The van der Waals surface area contributed by atoms with Gasteiger partial charge in [-0.05, 0) is 43.1 Å². The van der Waals surface area contributed by atoms with Crippen molar-refractivity contribution in [3.05, 3.63) is 71.0 Å². The summed E-state index contributed by atoms with van der Waals surface area (Å²) < 4.78 is 40.2. The molecule has 0 aromatic heterocycles. The Morgan fingerprint density at radius 2 is 1.71 bits per heavy atom. The van der Waals surface area contributed by atoms with Gasteiger partial charge in [0.05, 0.1) is 0 Å². The van der Waals surface area contributed by atoms with Crippen LogP contribution in [0.4, 0.5) is 13.2 Å². The highest BCUT2D eigenvalue weighted by molar-refractivity contribution is 5.26. The minimum Gasteiger partial charge on any atom is -0.310 e. The zero-order chi connectivity index (χ0) is 15.2. The smallest absolute Gasteiger partial charge is 0.159 e. The van der Waals surface area contributed by atoms with Crippen LogP contribution in [-0.2, 0) is 6.42 Å². The summed E-state index contributed by atoms with van der Waals surface area (Å²) in [6, 6.07) is 10.0. The third-order valence-corrected chi connectivity index (χ3v) is 3.35. The van der Waals surface area contributed by atoms with E-state index in [9.17, 15) is 13.2 Å². The van der Waals surface area contributed by atoms with Crippen molar-refractivity contribution in [3.8, 4) is 0 Å². The third-order valence-electron chi connectivity index (χ3n) is 3.35. The average molecular weight is 293 g/mol. The van der Waals surface area contributed by atoms with Crippen LogP contribution in [0, 0.1) is 17.5 Å². The molecule has 1 unspecified atom stereocenters. The number of benzene rings is 2. The summed E-state index contributed by atoms with van der Waals surface area (Å²) >= 11 is 0. The van der Waals surface area contributed by atoms with Crippen LogP contribution in [0.5, 0.6) is 0 Å². The van der Waals surface area contributed by atoms with Gasteiger partial charge in [0.25, 0.3) is 0 Å². The van der Waals surface area contributed by atoms with Gasteiger partial charge in [-0.3, -0.25) is 0 Å². The topological polar surface area (TPSA) is 12.0 Å². The monoisotopic (exact) mass is 293 g/mol. The number of nitrogens with one attached hydrogen (secondary N) is 1. The van der Waals surface area contributed by atoms with E-state index in [0.29, 0.717) is 17.5 Å². The van der Waals surface area contributed by atoms with Crippen LogP contribution >= 0.6 is 0 Å². The summed E-state index contributed by atoms with van der Waals surface area (Å²) in [7, 11) is 0. The molecule has 112 valence electrons. The minimum atomic E-state index is -0.879. The zero-order valence-corrected chi connectivity index (χ0v) is 11.9. The molecule has 0 bridgehead atoms. The normalized spacial score (nSPS) is 12.4. The van der Waals surface area contributed by atoms with E-state index in [2.05, 4.69) is 5.32 Å². The van der Waals surface area contributed by atoms with Gasteiger partial charge < -0.3 is 5.32 Å². The van der Waals surface area contributed by atoms with Crippen molar-refractivity contribution in [3.63, 3.8) is 0 Å². The van der Waals surface area contributed by atoms with Crippen molar-refractivity contribution in [2.24, 2.45) is 0 Å². The molecular formula is C17H18F3N. The molecular weight excluding hydrogens is 275 g/mol. The van der Waals surface area contributed by atoms with Crippen LogP contribution in [0.3, 0.4) is 0 Å². The van der Waals surface area contributed by atoms with Crippen molar-refractivity contribution < 1.29 is 13.2 Å². The van der Waals surface area contributed by atoms with Gasteiger partial charge in [0.15, 0.2) is 11.6 Å². The second-order valence-electron chi connectivity index (χ2n) is 4.98. The molecule has 2 aromatic carbocycles. The molecule has 0 aliphatic rings. The Labute approximate surface area is 122 Å². The fourth-order valence-electron chi connectivity index (χ4n) is 2.27. The molecule has 1 N–H and O–H groups in total. The maximum atomic E-state index is 13.9. The molecule has 21 heavy (non-hydrogen) atoms. The first kappa shape index (κ1) is 15.6. The van der Waals surface area contributed by atoms with E-state index >= 15 is 0 Å². The van der Waals surface area contributed by atoms with Crippen LogP contribution in [0.15, 0.2) is 42.5 Å². The van der Waals surface area contributed by atoms with Crippen LogP contribution in [0.2, 0.25) is 0 Å². The van der Waals surface area contributed by atoms with Crippen LogP contribution in [-0.4, -0.2) is 6.54 Å². The Morgan fingerprint density at radius 1 is 0.952 bits per heavy atom. The Bertz CT molecular complexity index is 598. The molecule has 1 nitrogen and oxygen atoms in total. The van der Waals surface area contributed by atoms with Crippen LogP contribution in [0.1, 0.15) is 30.5 Å². The van der Waals surface area contributed by atoms with E-state index in [-0.39, 0.29) is 11.9 Å². The van der Waals surface area contributed by atoms with E-state index in [1.807, 2.05) is 6.92 Å². The lowest BCUT2D eigenvalue weighted by Crippen LogP contribution is -2.25. The second-order valence-corrected chi connectivity index (χ2v) is 4.98. The first-order valence-corrected chi connectivity index (χ1v) is 7.03. The first-order valence-electron chi connectivity index (χ1n) is 7.03. The highest BCUT2D eigenvalue weighted by Crippen LogP contribution is 2.22. The van der Waals surface area contributed by atoms with E-state index in [1.165, 1.54) is 12.1 Å². The molecule has 0 heterocycles. The Hall–Kier alpha value is -1.81. The molecule has 0 spiro atoms. The molecule has 2 aromatic rings. The highest BCUT2D eigenvalue weighted by atomic mass is 19.2. The van der Waals surface area contributed by atoms with Gasteiger partial charge in [-0.15, -0.1) is 0 Å². The van der Waals surface area contributed by atoms with Gasteiger partial charge in [0, 0.05) is 11.6 Å². The lowest BCUT2D eigenvalue weighted by molar-refractivity contribution is 0.488. The van der Waals surface area contributed by atoms with Crippen LogP contribution in [0.25, 0.3) is 0 Å². The SMILES string of the molecule is CCCNC(Cc1ccc(F)c(F)c1)c1ccccc1F. The predicted octanol–water partition coefficient (Wildman–Crippen LogP) is 4.39. The van der Waals surface area contributed by atoms with Crippen molar-refractivity contribution in [1.29, 1.82) is 0 Å². The van der Waals surface area contributed by atoms with Gasteiger partial charge in [-0.25, -0.2) is 13.2 Å². The van der Waals surface area contributed by atoms with Gasteiger partial charge in [-0.1, -0.05) is 31.2 Å². The maximum absolute atomic E-state index is 13.9. The standard InChI is InChI=1S/C17H18F3N/c1-2-9-21-17(13-5-3-4-6-14(13)18)11-12-7-8-15(19)16(20)10-12/h3-8,10,17,21H,2,9,11H2,1H3. The van der Waals surface area contributed by atoms with E-state index < -0.39 is 11.6 Å². The Morgan fingerprint density at radius 3 is 2.38 bits per heavy atom. The summed E-state index contributed by atoms with van der Waals surface area (Å²) in [5.74, 6) is -2.05. The number of hydrogen-bond donors (Lipinski definition) is 1. The number of hydrogen-bond acceptors (Lipinski definition) is 1. The summed E-state index contributed by atoms with van der Waals surface area (Å²) in [4.78, 5) is 0. The van der Waals surface area contributed by atoms with Gasteiger partial charge in [0.1, 0.15) is 5.82 Å². The van der Waals surface area contributed by atoms with Gasteiger partial charge in [0.2, 0.25) is 0 Å². The molecule has 0 radical (unpaired) electrons. The fourth-order valence-corrected chi connectivity index (χ4v) is 2.27. The van der Waals surface area contributed by atoms with Crippen LogP contribution < -0.4 is 5.32 Å². The lowest BCUT2D eigenvalue weighted by Gasteiger charge is -2.20. The van der Waals surface area contributed by atoms with Gasteiger partial charge >= 0.3 is 0 Å². The molecule has 0 amide bonds. The Kier molecular flexibility index (Phi) is 5.39. The third kappa shape index (κ3) is 4.08. The van der Waals surface area contributed by atoms with E-state index in [4.69, 9.17) is 0 Å². The molecule has 0 saturated carbocycles. The molecule has 0 aliphatic carbocycles. The number of halogens is 3.